The number of rotatable bonds is 7. The summed E-state index contributed by atoms with van der Waals surface area (Å²) in [5.41, 5.74) is 5.44. The molecule has 0 aliphatic heterocycles. The molecule has 0 aliphatic carbocycles. The van der Waals surface area contributed by atoms with E-state index in [1.165, 1.54) is 6.07 Å². The zero-order valence-corrected chi connectivity index (χ0v) is 12.4. The number of benzene rings is 1. The van der Waals surface area contributed by atoms with Crippen molar-refractivity contribution in [2.24, 2.45) is 5.73 Å². The summed E-state index contributed by atoms with van der Waals surface area (Å²) >= 11 is 0. The molecule has 0 bridgehead atoms. The summed E-state index contributed by atoms with van der Waals surface area (Å²) in [6.07, 6.45) is -4.80. The molecule has 0 aliphatic rings. The quantitative estimate of drug-likeness (QED) is 0.768. The molecule has 0 amide bonds. The summed E-state index contributed by atoms with van der Waals surface area (Å²) in [7, 11) is 0. The molecule has 0 saturated heterocycles. The van der Waals surface area contributed by atoms with Crippen molar-refractivity contribution in [3.8, 4) is 0 Å². The summed E-state index contributed by atoms with van der Waals surface area (Å²) in [5, 5.41) is 0. The first-order chi connectivity index (χ1) is 9.73. The van der Waals surface area contributed by atoms with E-state index in [1.54, 1.807) is 30.0 Å². The Morgan fingerprint density at radius 2 is 1.76 bits per heavy atom. The second-order valence-electron chi connectivity index (χ2n) is 5.37. The first-order valence-corrected chi connectivity index (χ1v) is 7.02. The fraction of sp³-hybridized carbons (Fsp3) is 0.600. The van der Waals surface area contributed by atoms with Crippen LogP contribution in [0.4, 0.5) is 23.2 Å². The standard InChI is InChI=1S/C15H22F4N2/c1-3-21(13-8-5-4-7-12(13)16)14(2,11-20)9-6-10-15(17,18)19/h4-5,7-8H,3,6,9-11,20H2,1-2H3. The molecule has 120 valence electrons. The van der Waals surface area contributed by atoms with E-state index in [9.17, 15) is 17.6 Å². The van der Waals surface area contributed by atoms with Crippen LogP contribution in [0.2, 0.25) is 0 Å². The molecule has 21 heavy (non-hydrogen) atoms. The smallest absolute Gasteiger partial charge is 0.363 e. The second kappa shape index (κ2) is 7.11. The first kappa shape index (κ1) is 17.8. The third kappa shape index (κ3) is 4.88. The predicted molar refractivity (Wildman–Crippen MR) is 76.8 cm³/mol. The van der Waals surface area contributed by atoms with Gasteiger partial charge in [0.25, 0.3) is 0 Å². The third-order valence-electron chi connectivity index (χ3n) is 3.73. The maximum absolute atomic E-state index is 13.9. The van der Waals surface area contributed by atoms with Gasteiger partial charge in [-0.25, -0.2) is 4.39 Å². The van der Waals surface area contributed by atoms with E-state index in [2.05, 4.69) is 0 Å². The van der Waals surface area contributed by atoms with Crippen LogP contribution in [-0.2, 0) is 0 Å². The molecule has 0 aromatic heterocycles. The molecule has 1 atom stereocenters. The van der Waals surface area contributed by atoms with Gasteiger partial charge in [0.05, 0.1) is 5.69 Å². The van der Waals surface area contributed by atoms with E-state index in [0.717, 1.165) is 0 Å². The summed E-state index contributed by atoms with van der Waals surface area (Å²) in [6, 6.07) is 6.24. The zero-order chi connectivity index (χ0) is 16.1. The molecule has 6 heteroatoms. The largest absolute Gasteiger partial charge is 0.389 e. The van der Waals surface area contributed by atoms with Gasteiger partial charge in [0, 0.05) is 25.0 Å². The normalized spacial score (nSPS) is 14.8. The molecule has 1 aromatic carbocycles. The zero-order valence-electron chi connectivity index (χ0n) is 12.4. The Bertz CT molecular complexity index is 448. The van der Waals surface area contributed by atoms with Gasteiger partial charge in [-0.05, 0) is 38.8 Å². The van der Waals surface area contributed by atoms with E-state index in [0.29, 0.717) is 12.2 Å². The van der Waals surface area contributed by atoms with Gasteiger partial charge in [-0.15, -0.1) is 0 Å². The molecule has 0 radical (unpaired) electrons. The molecule has 0 spiro atoms. The maximum Gasteiger partial charge on any atom is 0.389 e. The van der Waals surface area contributed by atoms with Crippen molar-refractivity contribution < 1.29 is 17.6 Å². The van der Waals surface area contributed by atoms with E-state index >= 15 is 0 Å². The molecule has 1 unspecified atom stereocenters. The van der Waals surface area contributed by atoms with Gasteiger partial charge in [-0.2, -0.15) is 13.2 Å². The van der Waals surface area contributed by atoms with Crippen molar-refractivity contribution in [3.63, 3.8) is 0 Å². The second-order valence-corrected chi connectivity index (χ2v) is 5.37. The highest BCUT2D eigenvalue weighted by Gasteiger charge is 2.33. The molecule has 1 rings (SSSR count). The van der Waals surface area contributed by atoms with Gasteiger partial charge >= 0.3 is 6.18 Å². The van der Waals surface area contributed by atoms with Crippen molar-refractivity contribution in [3.05, 3.63) is 30.1 Å². The van der Waals surface area contributed by atoms with Crippen molar-refractivity contribution in [2.75, 3.05) is 18.0 Å². The summed E-state index contributed by atoms with van der Waals surface area (Å²) in [4.78, 5) is 1.75. The number of anilines is 1. The Hall–Kier alpha value is -1.30. The molecular weight excluding hydrogens is 284 g/mol. The minimum absolute atomic E-state index is 0.0256. The van der Waals surface area contributed by atoms with Crippen LogP contribution in [-0.4, -0.2) is 24.8 Å². The number of nitrogens with zero attached hydrogens (tertiary/aromatic N) is 1. The van der Waals surface area contributed by atoms with Crippen LogP contribution in [0.15, 0.2) is 24.3 Å². The third-order valence-corrected chi connectivity index (χ3v) is 3.73. The van der Waals surface area contributed by atoms with Crippen LogP contribution in [0.25, 0.3) is 0 Å². The fourth-order valence-electron chi connectivity index (χ4n) is 2.53. The summed E-state index contributed by atoms with van der Waals surface area (Å²) < 4.78 is 50.8. The number of hydrogen-bond acceptors (Lipinski definition) is 2. The van der Waals surface area contributed by atoms with Gasteiger partial charge in [0.15, 0.2) is 0 Å². The minimum atomic E-state index is -4.18. The van der Waals surface area contributed by atoms with E-state index < -0.39 is 24.0 Å². The molecule has 0 saturated carbocycles. The fourth-order valence-corrected chi connectivity index (χ4v) is 2.53. The number of halogens is 4. The average molecular weight is 306 g/mol. The minimum Gasteiger partial charge on any atom is -0.363 e. The van der Waals surface area contributed by atoms with Crippen molar-refractivity contribution in [1.29, 1.82) is 0 Å². The Kier molecular flexibility index (Phi) is 6.01. The van der Waals surface area contributed by atoms with Crippen LogP contribution in [0.5, 0.6) is 0 Å². The number of likely N-dealkylation sites (N-methyl/N-ethyl adjacent to an activating group) is 1. The molecule has 0 fully saturated rings. The highest BCUT2D eigenvalue weighted by atomic mass is 19.4. The first-order valence-electron chi connectivity index (χ1n) is 7.02. The summed E-state index contributed by atoms with van der Waals surface area (Å²) in [6.45, 7) is 4.25. The molecule has 2 N–H and O–H groups in total. The lowest BCUT2D eigenvalue weighted by Crippen LogP contribution is -2.52. The van der Waals surface area contributed by atoms with Gasteiger partial charge in [-0.1, -0.05) is 12.1 Å². The van der Waals surface area contributed by atoms with E-state index in [4.69, 9.17) is 5.73 Å². The van der Waals surface area contributed by atoms with Crippen LogP contribution < -0.4 is 10.6 Å². The van der Waals surface area contributed by atoms with Crippen molar-refractivity contribution >= 4 is 5.69 Å². The molecule has 2 nitrogen and oxygen atoms in total. The highest BCUT2D eigenvalue weighted by molar-refractivity contribution is 5.50. The average Bonchev–Trinajstić information content (AvgIpc) is 2.40. The number of para-hydroxylation sites is 1. The van der Waals surface area contributed by atoms with Gasteiger partial charge in [0.2, 0.25) is 0 Å². The SMILES string of the molecule is CCN(c1ccccc1F)C(C)(CN)CCCC(F)(F)F. The monoisotopic (exact) mass is 306 g/mol. The Balaban J connectivity index is 2.90. The number of nitrogens with two attached hydrogens (primary N) is 1. The van der Waals surface area contributed by atoms with Crippen LogP contribution in [0.1, 0.15) is 33.1 Å². The number of alkyl halides is 3. The lowest BCUT2D eigenvalue weighted by molar-refractivity contribution is -0.136. The number of hydrogen-bond donors (Lipinski definition) is 1. The van der Waals surface area contributed by atoms with Crippen LogP contribution in [0, 0.1) is 5.82 Å². The molecular formula is C15H22F4N2. The van der Waals surface area contributed by atoms with Crippen LogP contribution in [0.3, 0.4) is 0 Å². The lowest BCUT2D eigenvalue weighted by Gasteiger charge is -2.42. The van der Waals surface area contributed by atoms with Crippen molar-refractivity contribution in [1.82, 2.24) is 0 Å². The lowest BCUT2D eigenvalue weighted by atomic mass is 9.91. The van der Waals surface area contributed by atoms with Gasteiger partial charge in [0.1, 0.15) is 5.82 Å². The van der Waals surface area contributed by atoms with Gasteiger partial charge < -0.3 is 10.6 Å². The van der Waals surface area contributed by atoms with Gasteiger partial charge in [-0.3, -0.25) is 0 Å². The Morgan fingerprint density at radius 1 is 1.14 bits per heavy atom. The Morgan fingerprint density at radius 3 is 2.24 bits per heavy atom. The van der Waals surface area contributed by atoms with Crippen molar-refractivity contribution in [2.45, 2.75) is 44.8 Å². The maximum atomic E-state index is 13.9. The van der Waals surface area contributed by atoms with E-state index in [1.807, 2.05) is 6.92 Å². The van der Waals surface area contributed by atoms with E-state index in [-0.39, 0.29) is 19.4 Å². The highest BCUT2D eigenvalue weighted by Crippen LogP contribution is 2.31. The predicted octanol–water partition coefficient (Wildman–Crippen LogP) is 4.10. The Labute approximate surface area is 122 Å². The topological polar surface area (TPSA) is 29.3 Å². The summed E-state index contributed by atoms with van der Waals surface area (Å²) in [5.74, 6) is -0.394. The molecule has 1 aromatic rings. The van der Waals surface area contributed by atoms with Crippen LogP contribution >= 0.6 is 0 Å². The molecule has 0 heterocycles.